The summed E-state index contributed by atoms with van der Waals surface area (Å²) < 4.78 is 0. The quantitative estimate of drug-likeness (QED) is 0.828. The van der Waals surface area contributed by atoms with Crippen molar-refractivity contribution in [3.05, 3.63) is 21.9 Å². The second kappa shape index (κ2) is 6.01. The van der Waals surface area contributed by atoms with Crippen molar-refractivity contribution in [3.8, 4) is 0 Å². The number of carbonyl (C=O) groups is 1. The Kier molecular flexibility index (Phi) is 4.96. The van der Waals surface area contributed by atoms with Crippen molar-refractivity contribution in [1.29, 1.82) is 0 Å². The minimum Gasteiger partial charge on any atom is -0.348 e. The van der Waals surface area contributed by atoms with E-state index in [1.165, 1.54) is 0 Å². The van der Waals surface area contributed by atoms with Crippen molar-refractivity contribution < 1.29 is 4.79 Å². The van der Waals surface area contributed by atoms with Crippen LogP contribution in [0.2, 0.25) is 0 Å². The van der Waals surface area contributed by atoms with Crippen LogP contribution in [0.25, 0.3) is 0 Å². The SMILES string of the molecule is Cc1cscc1C(=O)NC(CN)CC(C)C. The molecule has 1 unspecified atom stereocenters. The highest BCUT2D eigenvalue weighted by Gasteiger charge is 2.15. The van der Waals surface area contributed by atoms with E-state index in [2.05, 4.69) is 19.2 Å². The van der Waals surface area contributed by atoms with Gasteiger partial charge in [0.1, 0.15) is 0 Å². The van der Waals surface area contributed by atoms with Gasteiger partial charge in [0.25, 0.3) is 5.91 Å². The number of nitrogens with one attached hydrogen (secondary N) is 1. The van der Waals surface area contributed by atoms with Gasteiger partial charge in [0, 0.05) is 18.0 Å². The van der Waals surface area contributed by atoms with E-state index in [1.807, 2.05) is 17.7 Å². The molecule has 0 aromatic carbocycles. The Labute approximate surface area is 101 Å². The topological polar surface area (TPSA) is 55.1 Å². The van der Waals surface area contributed by atoms with Gasteiger partial charge >= 0.3 is 0 Å². The van der Waals surface area contributed by atoms with Gasteiger partial charge in [-0.3, -0.25) is 4.79 Å². The Hall–Kier alpha value is -0.870. The second-order valence-electron chi connectivity index (χ2n) is 4.50. The van der Waals surface area contributed by atoms with E-state index in [0.29, 0.717) is 12.5 Å². The highest BCUT2D eigenvalue weighted by molar-refractivity contribution is 7.08. The lowest BCUT2D eigenvalue weighted by atomic mass is 10.0. The molecular weight excluding hydrogens is 220 g/mol. The summed E-state index contributed by atoms with van der Waals surface area (Å²) in [6.45, 7) is 6.70. The maximum Gasteiger partial charge on any atom is 0.252 e. The number of hydrogen-bond acceptors (Lipinski definition) is 3. The number of carbonyl (C=O) groups excluding carboxylic acids is 1. The molecule has 0 aliphatic heterocycles. The van der Waals surface area contributed by atoms with Crippen LogP contribution in [0, 0.1) is 12.8 Å². The van der Waals surface area contributed by atoms with Crippen LogP contribution in [-0.4, -0.2) is 18.5 Å². The van der Waals surface area contributed by atoms with E-state index in [-0.39, 0.29) is 11.9 Å². The highest BCUT2D eigenvalue weighted by atomic mass is 32.1. The predicted octanol–water partition coefficient (Wildman–Crippen LogP) is 2.16. The number of thiophene rings is 1. The molecule has 0 radical (unpaired) electrons. The van der Waals surface area contributed by atoms with E-state index < -0.39 is 0 Å². The lowest BCUT2D eigenvalue weighted by molar-refractivity contribution is 0.0933. The van der Waals surface area contributed by atoms with Crippen molar-refractivity contribution >= 4 is 17.2 Å². The standard InChI is InChI=1S/C12H20N2OS/c1-8(2)4-10(5-13)14-12(15)11-7-16-6-9(11)3/h6-8,10H,4-5,13H2,1-3H3,(H,14,15). The molecule has 16 heavy (non-hydrogen) atoms. The lowest BCUT2D eigenvalue weighted by Crippen LogP contribution is -2.41. The average molecular weight is 240 g/mol. The van der Waals surface area contributed by atoms with Crippen LogP contribution < -0.4 is 11.1 Å². The molecule has 0 aliphatic carbocycles. The second-order valence-corrected chi connectivity index (χ2v) is 5.25. The molecule has 90 valence electrons. The van der Waals surface area contributed by atoms with Crippen molar-refractivity contribution in [2.45, 2.75) is 33.2 Å². The molecule has 0 fully saturated rings. The fraction of sp³-hybridized carbons (Fsp3) is 0.583. The molecule has 0 spiro atoms. The zero-order chi connectivity index (χ0) is 12.1. The van der Waals surface area contributed by atoms with Gasteiger partial charge in [-0.15, -0.1) is 0 Å². The summed E-state index contributed by atoms with van der Waals surface area (Å²) in [7, 11) is 0. The van der Waals surface area contributed by atoms with Crippen molar-refractivity contribution in [2.75, 3.05) is 6.54 Å². The third-order valence-corrected chi connectivity index (χ3v) is 3.34. The van der Waals surface area contributed by atoms with Crippen molar-refractivity contribution in [2.24, 2.45) is 11.7 Å². The molecule has 0 saturated carbocycles. The van der Waals surface area contributed by atoms with Gasteiger partial charge in [-0.25, -0.2) is 0 Å². The summed E-state index contributed by atoms with van der Waals surface area (Å²) in [6.07, 6.45) is 0.922. The van der Waals surface area contributed by atoms with Gasteiger partial charge in [-0.1, -0.05) is 13.8 Å². The zero-order valence-electron chi connectivity index (χ0n) is 10.1. The lowest BCUT2D eigenvalue weighted by Gasteiger charge is -2.18. The van der Waals surface area contributed by atoms with Crippen LogP contribution in [0.3, 0.4) is 0 Å². The first-order valence-corrected chi connectivity index (χ1v) is 6.52. The van der Waals surface area contributed by atoms with Gasteiger partial charge in [0.15, 0.2) is 0 Å². The van der Waals surface area contributed by atoms with Crippen molar-refractivity contribution in [3.63, 3.8) is 0 Å². The van der Waals surface area contributed by atoms with Gasteiger partial charge in [0.05, 0.1) is 5.56 Å². The molecule has 0 aliphatic rings. The summed E-state index contributed by atoms with van der Waals surface area (Å²) in [5.74, 6) is 0.535. The molecule has 1 amide bonds. The van der Waals surface area contributed by atoms with E-state index in [1.54, 1.807) is 11.3 Å². The van der Waals surface area contributed by atoms with E-state index in [4.69, 9.17) is 5.73 Å². The summed E-state index contributed by atoms with van der Waals surface area (Å²) in [4.78, 5) is 11.9. The Morgan fingerprint density at radius 2 is 2.19 bits per heavy atom. The monoisotopic (exact) mass is 240 g/mol. The molecule has 4 heteroatoms. The normalized spacial score (nSPS) is 12.8. The van der Waals surface area contributed by atoms with Crippen LogP contribution in [-0.2, 0) is 0 Å². The minimum absolute atomic E-state index is 0.00477. The van der Waals surface area contributed by atoms with Gasteiger partial charge in [-0.2, -0.15) is 11.3 Å². The first-order valence-electron chi connectivity index (χ1n) is 5.58. The van der Waals surface area contributed by atoms with Gasteiger partial charge in [0.2, 0.25) is 0 Å². The summed E-state index contributed by atoms with van der Waals surface area (Å²) in [6, 6.07) is 0.0757. The zero-order valence-corrected chi connectivity index (χ0v) is 10.9. The fourth-order valence-electron chi connectivity index (χ4n) is 1.64. The summed E-state index contributed by atoms with van der Waals surface area (Å²) in [5.41, 5.74) is 7.45. The Morgan fingerprint density at radius 1 is 1.50 bits per heavy atom. The van der Waals surface area contributed by atoms with Crippen LogP contribution in [0.4, 0.5) is 0 Å². The van der Waals surface area contributed by atoms with E-state index >= 15 is 0 Å². The minimum atomic E-state index is -0.00477. The predicted molar refractivity (Wildman–Crippen MR) is 68.8 cm³/mol. The first kappa shape index (κ1) is 13.2. The number of aryl methyl sites for hydroxylation is 1. The van der Waals surface area contributed by atoms with Crippen LogP contribution in [0.5, 0.6) is 0 Å². The third-order valence-electron chi connectivity index (χ3n) is 2.48. The smallest absolute Gasteiger partial charge is 0.252 e. The maximum absolute atomic E-state index is 11.9. The van der Waals surface area contributed by atoms with E-state index in [0.717, 1.165) is 17.5 Å². The molecule has 1 aromatic heterocycles. The average Bonchev–Trinajstić information content (AvgIpc) is 2.62. The number of rotatable bonds is 5. The maximum atomic E-state index is 11.9. The number of nitrogens with two attached hydrogens (primary N) is 1. The Morgan fingerprint density at radius 3 is 2.62 bits per heavy atom. The Bertz CT molecular complexity index is 347. The largest absolute Gasteiger partial charge is 0.348 e. The molecule has 3 N–H and O–H groups in total. The van der Waals surface area contributed by atoms with Gasteiger partial charge in [-0.05, 0) is 30.2 Å². The summed E-state index contributed by atoms with van der Waals surface area (Å²) >= 11 is 1.55. The molecule has 1 atom stereocenters. The van der Waals surface area contributed by atoms with Crippen LogP contribution in [0.15, 0.2) is 10.8 Å². The molecule has 1 aromatic rings. The van der Waals surface area contributed by atoms with Crippen LogP contribution in [0.1, 0.15) is 36.2 Å². The molecule has 1 rings (SSSR count). The Balaban J connectivity index is 2.59. The number of amides is 1. The van der Waals surface area contributed by atoms with E-state index in [9.17, 15) is 4.79 Å². The molecule has 3 nitrogen and oxygen atoms in total. The first-order chi connectivity index (χ1) is 7.54. The third kappa shape index (κ3) is 3.61. The van der Waals surface area contributed by atoms with Crippen molar-refractivity contribution in [1.82, 2.24) is 5.32 Å². The molecule has 0 bridgehead atoms. The summed E-state index contributed by atoms with van der Waals surface area (Å²) in [5, 5.41) is 6.85. The molecule has 0 saturated heterocycles. The molecule has 1 heterocycles. The molecular formula is C12H20N2OS. The fourth-order valence-corrected chi connectivity index (χ4v) is 2.47. The van der Waals surface area contributed by atoms with Crippen LogP contribution >= 0.6 is 11.3 Å². The number of hydrogen-bond donors (Lipinski definition) is 2. The van der Waals surface area contributed by atoms with Gasteiger partial charge < -0.3 is 11.1 Å². The highest BCUT2D eigenvalue weighted by Crippen LogP contribution is 2.14.